The molecule has 0 saturated heterocycles. The van der Waals surface area contributed by atoms with Gasteiger partial charge in [-0.15, -0.1) is 0 Å². The summed E-state index contributed by atoms with van der Waals surface area (Å²) in [6.07, 6.45) is 1.61. The highest BCUT2D eigenvalue weighted by atomic mass is 35.5. The fourth-order valence-corrected chi connectivity index (χ4v) is 2.83. The molecule has 0 aliphatic carbocycles. The third-order valence-electron chi connectivity index (χ3n) is 3.95. The Morgan fingerprint density at radius 3 is 2.59 bits per heavy atom. The molecule has 6 nitrogen and oxygen atoms in total. The lowest BCUT2D eigenvalue weighted by Gasteiger charge is -2.13. The number of nitrogens with zero attached hydrogens (tertiary/aromatic N) is 2. The SMILES string of the molecule is COc1ccc(Cn2nccc2NC(=O)c2ccc(Cl)c(Cl)c2)c(OC)c1. The van der Waals surface area contributed by atoms with Gasteiger partial charge in [0.25, 0.3) is 5.91 Å². The molecule has 140 valence electrons. The average Bonchev–Trinajstić information content (AvgIpc) is 3.10. The molecule has 1 heterocycles. The molecule has 27 heavy (non-hydrogen) atoms. The van der Waals surface area contributed by atoms with Gasteiger partial charge in [0.05, 0.1) is 37.0 Å². The first kappa shape index (κ1) is 19.1. The first-order valence-electron chi connectivity index (χ1n) is 8.01. The molecule has 0 spiro atoms. The van der Waals surface area contributed by atoms with E-state index in [1.54, 1.807) is 49.4 Å². The van der Waals surface area contributed by atoms with Gasteiger partial charge in [-0.3, -0.25) is 4.79 Å². The number of halogens is 2. The molecule has 0 bridgehead atoms. The molecule has 3 rings (SSSR count). The number of aromatic nitrogens is 2. The molecule has 0 unspecified atom stereocenters. The van der Waals surface area contributed by atoms with Gasteiger partial charge in [-0.05, 0) is 30.3 Å². The molecule has 1 aromatic heterocycles. The summed E-state index contributed by atoms with van der Waals surface area (Å²) in [6.45, 7) is 0.414. The van der Waals surface area contributed by atoms with Crippen LogP contribution < -0.4 is 14.8 Å². The van der Waals surface area contributed by atoms with Crippen LogP contribution in [0, 0.1) is 0 Å². The topological polar surface area (TPSA) is 65.4 Å². The van der Waals surface area contributed by atoms with Crippen LogP contribution in [0.15, 0.2) is 48.7 Å². The van der Waals surface area contributed by atoms with Crippen molar-refractivity contribution in [1.82, 2.24) is 9.78 Å². The zero-order chi connectivity index (χ0) is 19.4. The minimum atomic E-state index is -0.308. The van der Waals surface area contributed by atoms with E-state index in [1.807, 2.05) is 12.1 Å². The van der Waals surface area contributed by atoms with Crippen LogP contribution in [0.25, 0.3) is 0 Å². The van der Waals surface area contributed by atoms with Gasteiger partial charge in [0.15, 0.2) is 0 Å². The smallest absolute Gasteiger partial charge is 0.256 e. The fourth-order valence-electron chi connectivity index (χ4n) is 2.53. The van der Waals surface area contributed by atoms with Gasteiger partial charge in [0.2, 0.25) is 0 Å². The lowest BCUT2D eigenvalue weighted by atomic mass is 10.2. The normalized spacial score (nSPS) is 10.5. The summed E-state index contributed by atoms with van der Waals surface area (Å²) < 4.78 is 12.3. The maximum absolute atomic E-state index is 12.5. The number of carbonyl (C=O) groups is 1. The van der Waals surface area contributed by atoms with Gasteiger partial charge in [-0.2, -0.15) is 5.10 Å². The lowest BCUT2D eigenvalue weighted by Crippen LogP contribution is -2.16. The second-order valence-electron chi connectivity index (χ2n) is 5.63. The zero-order valence-electron chi connectivity index (χ0n) is 14.7. The first-order chi connectivity index (χ1) is 13.0. The van der Waals surface area contributed by atoms with E-state index < -0.39 is 0 Å². The van der Waals surface area contributed by atoms with Crippen molar-refractivity contribution in [2.45, 2.75) is 6.54 Å². The summed E-state index contributed by atoms with van der Waals surface area (Å²) in [6, 6.07) is 12.0. The van der Waals surface area contributed by atoms with Crippen molar-refractivity contribution in [3.63, 3.8) is 0 Å². The summed E-state index contributed by atoms with van der Waals surface area (Å²) in [7, 11) is 3.19. The number of methoxy groups -OCH3 is 2. The number of nitrogens with one attached hydrogen (secondary N) is 1. The second-order valence-corrected chi connectivity index (χ2v) is 6.45. The molecule has 0 radical (unpaired) electrons. The summed E-state index contributed by atoms with van der Waals surface area (Å²) >= 11 is 11.9. The first-order valence-corrected chi connectivity index (χ1v) is 8.76. The van der Waals surface area contributed by atoms with Crippen molar-refractivity contribution in [2.75, 3.05) is 19.5 Å². The van der Waals surface area contributed by atoms with Crippen LogP contribution in [0.2, 0.25) is 10.0 Å². The number of rotatable bonds is 6. The number of ether oxygens (including phenoxy) is 2. The van der Waals surface area contributed by atoms with E-state index in [0.717, 1.165) is 5.56 Å². The van der Waals surface area contributed by atoms with E-state index >= 15 is 0 Å². The maximum Gasteiger partial charge on any atom is 0.256 e. The molecular weight excluding hydrogens is 389 g/mol. The number of carbonyl (C=O) groups excluding carboxylic acids is 1. The van der Waals surface area contributed by atoms with Crippen LogP contribution in [0.3, 0.4) is 0 Å². The third-order valence-corrected chi connectivity index (χ3v) is 4.69. The highest BCUT2D eigenvalue weighted by Crippen LogP contribution is 2.26. The summed E-state index contributed by atoms with van der Waals surface area (Å²) in [5.41, 5.74) is 1.30. The van der Waals surface area contributed by atoms with Crippen molar-refractivity contribution in [1.29, 1.82) is 0 Å². The largest absolute Gasteiger partial charge is 0.497 e. The quantitative estimate of drug-likeness (QED) is 0.655. The molecule has 0 atom stereocenters. The molecule has 2 aromatic carbocycles. The van der Waals surface area contributed by atoms with E-state index in [2.05, 4.69) is 10.4 Å². The van der Waals surface area contributed by atoms with Crippen molar-refractivity contribution < 1.29 is 14.3 Å². The van der Waals surface area contributed by atoms with Gasteiger partial charge in [0, 0.05) is 23.3 Å². The molecular formula is C19H17Cl2N3O3. The van der Waals surface area contributed by atoms with E-state index in [1.165, 1.54) is 6.07 Å². The highest BCUT2D eigenvalue weighted by Gasteiger charge is 2.13. The van der Waals surface area contributed by atoms with Crippen LogP contribution in [0.1, 0.15) is 15.9 Å². The van der Waals surface area contributed by atoms with Gasteiger partial charge in [-0.25, -0.2) is 4.68 Å². The summed E-state index contributed by atoms with van der Waals surface area (Å²) in [4.78, 5) is 12.5. The van der Waals surface area contributed by atoms with E-state index in [0.29, 0.717) is 39.5 Å². The van der Waals surface area contributed by atoms with Crippen LogP contribution in [-0.4, -0.2) is 29.9 Å². The Morgan fingerprint density at radius 1 is 1.07 bits per heavy atom. The molecule has 0 aliphatic rings. The van der Waals surface area contributed by atoms with E-state index in [4.69, 9.17) is 32.7 Å². The minimum Gasteiger partial charge on any atom is -0.497 e. The van der Waals surface area contributed by atoms with Crippen molar-refractivity contribution in [2.24, 2.45) is 0 Å². The van der Waals surface area contributed by atoms with Crippen molar-refractivity contribution in [3.8, 4) is 11.5 Å². The molecule has 1 N–H and O–H groups in total. The fraction of sp³-hybridized carbons (Fsp3) is 0.158. The molecule has 0 fully saturated rings. The number of anilines is 1. The van der Waals surface area contributed by atoms with E-state index in [9.17, 15) is 4.79 Å². The Bertz CT molecular complexity index is 973. The number of amides is 1. The second kappa shape index (κ2) is 8.33. The number of benzene rings is 2. The molecule has 0 saturated carbocycles. The van der Waals surface area contributed by atoms with Gasteiger partial charge < -0.3 is 14.8 Å². The van der Waals surface area contributed by atoms with Crippen molar-refractivity contribution in [3.05, 3.63) is 69.8 Å². The van der Waals surface area contributed by atoms with Crippen LogP contribution in [0.5, 0.6) is 11.5 Å². The Hall–Kier alpha value is -2.70. The standard InChI is InChI=1S/C19H17Cl2N3O3/c1-26-14-5-3-13(17(10-14)27-2)11-24-18(7-8-22-24)23-19(25)12-4-6-15(20)16(21)9-12/h3-10H,11H2,1-2H3,(H,23,25). The Morgan fingerprint density at radius 2 is 1.89 bits per heavy atom. The maximum atomic E-state index is 12.5. The van der Waals surface area contributed by atoms with Crippen LogP contribution >= 0.6 is 23.2 Å². The minimum absolute atomic E-state index is 0.308. The molecule has 3 aromatic rings. The van der Waals surface area contributed by atoms with Crippen LogP contribution in [-0.2, 0) is 6.54 Å². The monoisotopic (exact) mass is 405 g/mol. The Kier molecular flexibility index (Phi) is 5.88. The average molecular weight is 406 g/mol. The number of hydrogen-bond acceptors (Lipinski definition) is 4. The summed E-state index contributed by atoms with van der Waals surface area (Å²) in [5.74, 6) is 1.61. The van der Waals surface area contributed by atoms with Crippen molar-refractivity contribution >= 4 is 34.9 Å². The predicted octanol–water partition coefficient (Wildman–Crippen LogP) is 4.51. The lowest BCUT2D eigenvalue weighted by molar-refractivity contribution is 0.102. The zero-order valence-corrected chi connectivity index (χ0v) is 16.2. The van der Waals surface area contributed by atoms with Crippen LogP contribution in [0.4, 0.5) is 5.82 Å². The Balaban J connectivity index is 1.80. The van der Waals surface area contributed by atoms with Gasteiger partial charge in [0.1, 0.15) is 17.3 Å². The number of hydrogen-bond donors (Lipinski definition) is 1. The molecule has 8 heteroatoms. The Labute approximate surface area is 166 Å². The third kappa shape index (κ3) is 4.35. The molecule has 1 amide bonds. The predicted molar refractivity (Wildman–Crippen MR) is 105 cm³/mol. The highest BCUT2D eigenvalue weighted by molar-refractivity contribution is 6.42. The summed E-state index contributed by atoms with van der Waals surface area (Å²) in [5, 5.41) is 7.82. The van der Waals surface area contributed by atoms with Gasteiger partial charge >= 0.3 is 0 Å². The molecule has 0 aliphatic heterocycles. The van der Waals surface area contributed by atoms with E-state index in [-0.39, 0.29) is 5.91 Å². The van der Waals surface area contributed by atoms with Gasteiger partial charge in [-0.1, -0.05) is 23.2 Å².